The van der Waals surface area contributed by atoms with Crippen LogP contribution in [0.1, 0.15) is 24.8 Å². The number of nitrogens with one attached hydrogen (secondary N) is 1. The summed E-state index contributed by atoms with van der Waals surface area (Å²) in [5.74, 6) is 0.531. The van der Waals surface area contributed by atoms with Crippen LogP contribution in [-0.2, 0) is 11.3 Å². The van der Waals surface area contributed by atoms with Gasteiger partial charge in [0, 0.05) is 38.4 Å². The van der Waals surface area contributed by atoms with Crippen LogP contribution in [0.5, 0.6) is 0 Å². The first-order valence-electron chi connectivity index (χ1n) is 10.7. The number of nitrogens with zero attached hydrogens (tertiary/aromatic N) is 2. The van der Waals surface area contributed by atoms with Gasteiger partial charge in [-0.3, -0.25) is 9.69 Å². The Labute approximate surface area is 172 Å². The third-order valence-corrected chi connectivity index (χ3v) is 6.17. The van der Waals surface area contributed by atoms with Crippen LogP contribution in [0.4, 0.5) is 10.1 Å². The first-order chi connectivity index (χ1) is 14.2. The minimum absolute atomic E-state index is 0.0852. The van der Waals surface area contributed by atoms with E-state index in [9.17, 15) is 9.18 Å². The molecule has 0 spiro atoms. The van der Waals surface area contributed by atoms with Gasteiger partial charge in [-0.25, -0.2) is 4.39 Å². The first kappa shape index (κ1) is 19.9. The number of benzene rings is 2. The van der Waals surface area contributed by atoms with Gasteiger partial charge in [-0.2, -0.15) is 0 Å². The van der Waals surface area contributed by atoms with E-state index in [0.717, 1.165) is 64.2 Å². The molecule has 2 fully saturated rings. The molecule has 1 amide bonds. The third kappa shape index (κ3) is 5.36. The molecule has 4 nitrogen and oxygen atoms in total. The van der Waals surface area contributed by atoms with Crippen molar-refractivity contribution in [3.8, 4) is 0 Å². The molecule has 2 atom stereocenters. The number of amides is 1. The predicted octanol–water partition coefficient (Wildman–Crippen LogP) is 3.68. The van der Waals surface area contributed by atoms with Crippen molar-refractivity contribution in [1.29, 1.82) is 0 Å². The summed E-state index contributed by atoms with van der Waals surface area (Å²) < 4.78 is 13.1. The van der Waals surface area contributed by atoms with E-state index < -0.39 is 0 Å². The van der Waals surface area contributed by atoms with Crippen molar-refractivity contribution >= 4 is 11.6 Å². The minimum atomic E-state index is -0.203. The maximum absolute atomic E-state index is 13.1. The zero-order valence-corrected chi connectivity index (χ0v) is 16.9. The lowest BCUT2D eigenvalue weighted by atomic mass is 9.96. The Morgan fingerprint density at radius 3 is 2.59 bits per heavy atom. The summed E-state index contributed by atoms with van der Waals surface area (Å²) in [6.45, 7) is 5.42. The summed E-state index contributed by atoms with van der Waals surface area (Å²) in [6, 6.07) is 17.2. The highest BCUT2D eigenvalue weighted by molar-refractivity contribution is 5.79. The van der Waals surface area contributed by atoms with Gasteiger partial charge in [0.25, 0.3) is 0 Å². The van der Waals surface area contributed by atoms with Crippen LogP contribution in [0, 0.1) is 17.7 Å². The molecule has 29 heavy (non-hydrogen) atoms. The van der Waals surface area contributed by atoms with Crippen molar-refractivity contribution in [3.05, 3.63) is 66.0 Å². The Morgan fingerprint density at radius 1 is 1.00 bits per heavy atom. The Balaban J connectivity index is 1.23. The van der Waals surface area contributed by atoms with Gasteiger partial charge in [0.05, 0.1) is 5.92 Å². The van der Waals surface area contributed by atoms with Crippen molar-refractivity contribution in [2.45, 2.75) is 25.8 Å². The molecule has 4 rings (SSSR count). The molecule has 2 aliphatic heterocycles. The van der Waals surface area contributed by atoms with Crippen LogP contribution in [0.15, 0.2) is 54.6 Å². The van der Waals surface area contributed by atoms with Crippen LogP contribution in [0.2, 0.25) is 0 Å². The average Bonchev–Trinajstić information content (AvgIpc) is 3.22. The number of piperidine rings is 1. The lowest BCUT2D eigenvalue weighted by Crippen LogP contribution is -2.43. The van der Waals surface area contributed by atoms with Crippen LogP contribution >= 0.6 is 0 Å². The van der Waals surface area contributed by atoms with E-state index in [2.05, 4.69) is 39.4 Å². The second-order valence-electron chi connectivity index (χ2n) is 8.38. The molecule has 0 aliphatic carbocycles. The SMILES string of the molecule is O=C(NC[C@H]1CCN(c2ccc(F)cc2)C1)[C@H]1CCCN(Cc2ccccc2)C1. The van der Waals surface area contributed by atoms with Crippen LogP contribution in [-0.4, -0.2) is 43.5 Å². The van der Waals surface area contributed by atoms with Gasteiger partial charge >= 0.3 is 0 Å². The topological polar surface area (TPSA) is 35.6 Å². The number of likely N-dealkylation sites (tertiary alicyclic amines) is 1. The molecule has 2 aromatic rings. The Hall–Kier alpha value is -2.40. The third-order valence-electron chi connectivity index (χ3n) is 6.17. The van der Waals surface area contributed by atoms with E-state index >= 15 is 0 Å². The fourth-order valence-corrected chi connectivity index (χ4v) is 4.53. The van der Waals surface area contributed by atoms with E-state index in [1.165, 1.54) is 17.7 Å². The Kier molecular flexibility index (Phi) is 6.45. The molecule has 2 aliphatic rings. The lowest BCUT2D eigenvalue weighted by molar-refractivity contribution is -0.126. The summed E-state index contributed by atoms with van der Waals surface area (Å²) in [5.41, 5.74) is 2.37. The summed E-state index contributed by atoms with van der Waals surface area (Å²) in [6.07, 6.45) is 3.11. The smallest absolute Gasteiger partial charge is 0.224 e. The quantitative estimate of drug-likeness (QED) is 0.811. The van der Waals surface area contributed by atoms with Crippen molar-refractivity contribution in [2.75, 3.05) is 37.6 Å². The Morgan fingerprint density at radius 2 is 1.79 bits per heavy atom. The van der Waals surface area contributed by atoms with E-state index in [4.69, 9.17) is 0 Å². The number of halogens is 1. The minimum Gasteiger partial charge on any atom is -0.371 e. The normalized spacial score (nSPS) is 22.6. The lowest BCUT2D eigenvalue weighted by Gasteiger charge is -2.32. The number of carbonyl (C=O) groups is 1. The highest BCUT2D eigenvalue weighted by Crippen LogP contribution is 2.24. The van der Waals surface area contributed by atoms with Gasteiger partial charge in [0.15, 0.2) is 0 Å². The molecule has 154 valence electrons. The van der Waals surface area contributed by atoms with E-state index in [1.807, 2.05) is 18.2 Å². The second kappa shape index (κ2) is 9.40. The van der Waals surface area contributed by atoms with Crippen molar-refractivity contribution in [3.63, 3.8) is 0 Å². The molecule has 0 aromatic heterocycles. The van der Waals surface area contributed by atoms with Crippen molar-refractivity contribution in [1.82, 2.24) is 10.2 Å². The number of hydrogen-bond acceptors (Lipinski definition) is 3. The standard InChI is InChI=1S/C24H30FN3O/c25-22-8-10-23(11-9-22)28-14-12-20(17-28)15-26-24(29)21-7-4-13-27(18-21)16-19-5-2-1-3-6-19/h1-3,5-6,8-11,20-21H,4,7,12-18H2,(H,26,29)/t20-,21+/m1/s1. The second-order valence-corrected chi connectivity index (χ2v) is 8.38. The largest absolute Gasteiger partial charge is 0.371 e. The molecule has 2 aromatic carbocycles. The summed E-state index contributed by atoms with van der Waals surface area (Å²) in [7, 11) is 0. The fraction of sp³-hybridized carbons (Fsp3) is 0.458. The summed E-state index contributed by atoms with van der Waals surface area (Å²) >= 11 is 0. The molecular weight excluding hydrogens is 365 g/mol. The Bertz CT molecular complexity index is 796. The van der Waals surface area contributed by atoms with Crippen molar-refractivity contribution < 1.29 is 9.18 Å². The van der Waals surface area contributed by atoms with E-state index in [1.54, 1.807) is 0 Å². The van der Waals surface area contributed by atoms with Gasteiger partial charge in [0.1, 0.15) is 5.82 Å². The van der Waals surface area contributed by atoms with Crippen LogP contribution in [0.3, 0.4) is 0 Å². The van der Waals surface area contributed by atoms with Gasteiger partial charge in [-0.05, 0) is 61.6 Å². The zero-order chi connectivity index (χ0) is 20.1. The highest BCUT2D eigenvalue weighted by Gasteiger charge is 2.28. The highest BCUT2D eigenvalue weighted by atomic mass is 19.1. The maximum atomic E-state index is 13.1. The van der Waals surface area contributed by atoms with Gasteiger partial charge in [0.2, 0.25) is 5.91 Å². The van der Waals surface area contributed by atoms with E-state index in [-0.39, 0.29) is 17.6 Å². The van der Waals surface area contributed by atoms with Crippen molar-refractivity contribution in [2.24, 2.45) is 11.8 Å². The van der Waals surface area contributed by atoms with Gasteiger partial charge in [-0.1, -0.05) is 30.3 Å². The van der Waals surface area contributed by atoms with Gasteiger partial charge in [-0.15, -0.1) is 0 Å². The molecule has 0 saturated carbocycles. The molecule has 1 N–H and O–H groups in total. The zero-order valence-electron chi connectivity index (χ0n) is 16.9. The van der Waals surface area contributed by atoms with Crippen LogP contribution in [0.25, 0.3) is 0 Å². The molecule has 0 unspecified atom stereocenters. The molecule has 0 bridgehead atoms. The summed E-state index contributed by atoms with van der Waals surface area (Å²) in [5, 5.41) is 3.21. The molecule has 0 radical (unpaired) electrons. The molecular formula is C24H30FN3O. The number of hydrogen-bond donors (Lipinski definition) is 1. The fourth-order valence-electron chi connectivity index (χ4n) is 4.53. The van der Waals surface area contributed by atoms with E-state index in [0.29, 0.717) is 5.92 Å². The number of rotatable bonds is 6. The molecule has 2 saturated heterocycles. The first-order valence-corrected chi connectivity index (χ1v) is 10.7. The maximum Gasteiger partial charge on any atom is 0.224 e. The van der Waals surface area contributed by atoms with Gasteiger partial charge < -0.3 is 10.2 Å². The number of carbonyl (C=O) groups excluding carboxylic acids is 1. The molecule has 2 heterocycles. The molecule has 5 heteroatoms. The average molecular weight is 396 g/mol. The van der Waals surface area contributed by atoms with Crippen LogP contribution < -0.4 is 10.2 Å². The predicted molar refractivity (Wildman–Crippen MR) is 114 cm³/mol. The number of anilines is 1. The monoisotopic (exact) mass is 395 g/mol. The summed E-state index contributed by atoms with van der Waals surface area (Å²) in [4.78, 5) is 17.4.